The van der Waals surface area contributed by atoms with Gasteiger partial charge in [-0.15, -0.1) is 0 Å². The molecule has 0 spiro atoms. The van der Waals surface area contributed by atoms with E-state index in [1.807, 2.05) is 36.4 Å². The summed E-state index contributed by atoms with van der Waals surface area (Å²) in [5.74, 6) is 0. The topological polar surface area (TPSA) is 24.9 Å². The van der Waals surface area contributed by atoms with Gasteiger partial charge in [-0.3, -0.25) is 4.98 Å². The molecule has 76 valence electrons. The van der Waals surface area contributed by atoms with E-state index in [1.54, 1.807) is 12.4 Å². The fourth-order valence-corrected chi connectivity index (χ4v) is 1.49. The molecule has 0 unspecified atom stereocenters. The van der Waals surface area contributed by atoms with E-state index < -0.39 is 0 Å². The number of halogens is 1. The summed E-state index contributed by atoms with van der Waals surface area (Å²) in [5.41, 5.74) is 2.14. The Hall–Kier alpha value is -1.54. The van der Waals surface area contributed by atoms with Gasteiger partial charge in [0.05, 0.1) is 5.02 Å². The third-order valence-electron chi connectivity index (χ3n) is 2.11. The highest BCUT2D eigenvalue weighted by molar-refractivity contribution is 6.31. The van der Waals surface area contributed by atoms with Crippen LogP contribution in [0.25, 0.3) is 0 Å². The van der Waals surface area contributed by atoms with Crippen molar-refractivity contribution in [2.75, 3.05) is 5.32 Å². The zero-order valence-corrected chi connectivity index (χ0v) is 8.91. The number of aromatic nitrogens is 1. The van der Waals surface area contributed by atoms with Crippen LogP contribution >= 0.6 is 11.6 Å². The van der Waals surface area contributed by atoms with Crippen LogP contribution in [0.1, 0.15) is 5.56 Å². The second-order valence-electron chi connectivity index (χ2n) is 3.19. The van der Waals surface area contributed by atoms with Gasteiger partial charge in [0.25, 0.3) is 0 Å². The predicted octanol–water partition coefficient (Wildman–Crippen LogP) is 3.35. The van der Waals surface area contributed by atoms with Crippen molar-refractivity contribution in [1.29, 1.82) is 0 Å². The molecule has 0 amide bonds. The molecule has 1 aromatic carbocycles. The van der Waals surface area contributed by atoms with Gasteiger partial charge in [-0.25, -0.2) is 0 Å². The monoisotopic (exact) mass is 218 g/mol. The molecule has 0 fully saturated rings. The number of benzene rings is 1. The first kappa shape index (κ1) is 9.99. The van der Waals surface area contributed by atoms with Crippen LogP contribution in [0.15, 0.2) is 48.8 Å². The van der Waals surface area contributed by atoms with Crippen LogP contribution in [0.2, 0.25) is 5.02 Å². The van der Waals surface area contributed by atoms with E-state index >= 15 is 0 Å². The largest absolute Gasteiger partial charge is 0.381 e. The Labute approximate surface area is 93.9 Å². The number of hydrogen-bond donors (Lipinski definition) is 1. The van der Waals surface area contributed by atoms with Crippen molar-refractivity contribution in [3.05, 3.63) is 59.4 Å². The van der Waals surface area contributed by atoms with Crippen molar-refractivity contribution in [1.82, 2.24) is 4.98 Å². The summed E-state index contributed by atoms with van der Waals surface area (Å²) in [5, 5.41) is 3.98. The van der Waals surface area contributed by atoms with Crippen LogP contribution in [0.4, 0.5) is 5.69 Å². The molecule has 2 nitrogen and oxygen atoms in total. The lowest BCUT2D eigenvalue weighted by Crippen LogP contribution is -1.99. The molecule has 3 heteroatoms. The molecule has 1 heterocycles. The summed E-state index contributed by atoms with van der Waals surface area (Å²) < 4.78 is 0. The van der Waals surface area contributed by atoms with Crippen molar-refractivity contribution in [2.45, 2.75) is 6.54 Å². The first-order valence-corrected chi connectivity index (χ1v) is 5.11. The highest BCUT2D eigenvalue weighted by Gasteiger charge is 1.98. The van der Waals surface area contributed by atoms with Crippen LogP contribution < -0.4 is 5.32 Å². The summed E-state index contributed by atoms with van der Waals surface area (Å²) >= 11 is 5.99. The van der Waals surface area contributed by atoms with Gasteiger partial charge in [0, 0.05) is 24.6 Å². The molecule has 0 radical (unpaired) electrons. The minimum Gasteiger partial charge on any atom is -0.381 e. The van der Waals surface area contributed by atoms with Gasteiger partial charge >= 0.3 is 0 Å². The van der Waals surface area contributed by atoms with E-state index in [1.165, 1.54) is 0 Å². The average molecular weight is 219 g/mol. The van der Waals surface area contributed by atoms with Crippen LogP contribution in [-0.2, 0) is 6.54 Å². The normalized spacial score (nSPS) is 9.93. The van der Waals surface area contributed by atoms with Gasteiger partial charge < -0.3 is 5.32 Å². The summed E-state index contributed by atoms with van der Waals surface area (Å²) in [6, 6.07) is 11.9. The molecular weight excluding hydrogens is 208 g/mol. The lowest BCUT2D eigenvalue weighted by atomic mass is 10.2. The fourth-order valence-electron chi connectivity index (χ4n) is 1.30. The maximum absolute atomic E-state index is 5.99. The second-order valence-corrected chi connectivity index (χ2v) is 3.59. The van der Waals surface area contributed by atoms with Gasteiger partial charge in [0.1, 0.15) is 0 Å². The van der Waals surface area contributed by atoms with Gasteiger partial charge in [0.2, 0.25) is 0 Å². The summed E-state index contributed by atoms with van der Waals surface area (Å²) in [6.07, 6.45) is 3.40. The molecule has 2 aromatic rings. The van der Waals surface area contributed by atoms with Gasteiger partial charge in [-0.2, -0.15) is 0 Å². The Morgan fingerprint density at radius 1 is 1.13 bits per heavy atom. The van der Waals surface area contributed by atoms with Crippen molar-refractivity contribution < 1.29 is 0 Å². The van der Waals surface area contributed by atoms with Gasteiger partial charge in [-0.1, -0.05) is 29.8 Å². The molecule has 1 aromatic heterocycles. The number of rotatable bonds is 3. The number of pyridine rings is 1. The summed E-state index contributed by atoms with van der Waals surface area (Å²) in [7, 11) is 0. The Morgan fingerprint density at radius 3 is 2.67 bits per heavy atom. The van der Waals surface area contributed by atoms with E-state index in [0.717, 1.165) is 11.3 Å². The maximum atomic E-state index is 5.99. The number of hydrogen-bond acceptors (Lipinski definition) is 2. The summed E-state index contributed by atoms with van der Waals surface area (Å²) in [6.45, 7) is 0.714. The Balaban J connectivity index is 2.03. The molecule has 0 bridgehead atoms. The Bertz CT molecular complexity index is 429. The fraction of sp³-hybridized carbons (Fsp3) is 0.0833. The molecule has 0 aliphatic heterocycles. The Morgan fingerprint density at radius 2 is 1.93 bits per heavy atom. The standard InChI is InChI=1S/C12H11ClN2/c13-12-9-14-7-6-10(12)8-15-11-4-2-1-3-5-11/h1-7,9,15H,8H2. The highest BCUT2D eigenvalue weighted by Crippen LogP contribution is 2.15. The van der Waals surface area contributed by atoms with Crippen molar-refractivity contribution >= 4 is 17.3 Å². The van der Waals surface area contributed by atoms with Crippen molar-refractivity contribution in [2.24, 2.45) is 0 Å². The van der Waals surface area contributed by atoms with Crippen LogP contribution in [0.5, 0.6) is 0 Å². The molecule has 0 saturated heterocycles. The zero-order valence-electron chi connectivity index (χ0n) is 8.15. The zero-order chi connectivity index (χ0) is 10.5. The van der Waals surface area contributed by atoms with Gasteiger partial charge in [0.15, 0.2) is 0 Å². The minimum atomic E-state index is 0.695. The minimum absolute atomic E-state index is 0.695. The number of para-hydroxylation sites is 1. The van der Waals surface area contributed by atoms with E-state index in [0.29, 0.717) is 11.6 Å². The third-order valence-corrected chi connectivity index (χ3v) is 2.45. The lowest BCUT2D eigenvalue weighted by molar-refractivity contribution is 1.13. The van der Waals surface area contributed by atoms with Gasteiger partial charge in [-0.05, 0) is 23.8 Å². The van der Waals surface area contributed by atoms with E-state index in [-0.39, 0.29) is 0 Å². The second kappa shape index (κ2) is 4.80. The number of anilines is 1. The molecule has 1 N–H and O–H groups in total. The lowest BCUT2D eigenvalue weighted by Gasteiger charge is -2.06. The average Bonchev–Trinajstić information content (AvgIpc) is 2.29. The molecule has 2 rings (SSSR count). The van der Waals surface area contributed by atoms with Crippen molar-refractivity contribution in [3.8, 4) is 0 Å². The smallest absolute Gasteiger partial charge is 0.0639 e. The first-order valence-electron chi connectivity index (χ1n) is 4.73. The molecule has 0 aliphatic rings. The highest BCUT2D eigenvalue weighted by atomic mass is 35.5. The molecule has 15 heavy (non-hydrogen) atoms. The van der Waals surface area contributed by atoms with E-state index in [4.69, 9.17) is 11.6 Å². The van der Waals surface area contributed by atoms with Crippen LogP contribution in [0, 0.1) is 0 Å². The molecular formula is C12H11ClN2. The Kier molecular flexibility index (Phi) is 3.20. The van der Waals surface area contributed by atoms with E-state index in [2.05, 4.69) is 10.3 Å². The first-order chi connectivity index (χ1) is 7.36. The van der Waals surface area contributed by atoms with E-state index in [9.17, 15) is 0 Å². The number of nitrogens with zero attached hydrogens (tertiary/aromatic N) is 1. The summed E-state index contributed by atoms with van der Waals surface area (Å²) in [4.78, 5) is 3.94. The molecule has 0 aliphatic carbocycles. The molecule has 0 atom stereocenters. The van der Waals surface area contributed by atoms with Crippen molar-refractivity contribution in [3.63, 3.8) is 0 Å². The quantitative estimate of drug-likeness (QED) is 0.855. The SMILES string of the molecule is Clc1cnccc1CNc1ccccc1. The van der Waals surface area contributed by atoms with Crippen LogP contribution in [-0.4, -0.2) is 4.98 Å². The van der Waals surface area contributed by atoms with Crippen LogP contribution in [0.3, 0.4) is 0 Å². The predicted molar refractivity (Wildman–Crippen MR) is 63.0 cm³/mol. The number of nitrogens with one attached hydrogen (secondary N) is 1. The molecule has 0 saturated carbocycles. The maximum Gasteiger partial charge on any atom is 0.0639 e. The third kappa shape index (κ3) is 2.70.